The molecule has 6 heteroatoms. The standard InChI is InChI=1S/C24H30N2O4/c1-17-4-3-5-18(12-17)15-28-20-6-7-22-23(13-20)30-21(16-29-22)14-25-24(27)19-8-10-26(2)11-9-19/h3-7,12-13,19,21H,8-11,14-16H2,1-2H3,(H,25,27). The molecular formula is C24H30N2O4. The molecule has 1 amide bonds. The number of hydrogen-bond donors (Lipinski definition) is 1. The number of nitrogens with one attached hydrogen (secondary N) is 1. The predicted molar refractivity (Wildman–Crippen MR) is 115 cm³/mol. The molecular weight excluding hydrogens is 380 g/mol. The fraction of sp³-hybridized carbons (Fsp3) is 0.458. The molecule has 2 aliphatic heterocycles. The van der Waals surface area contributed by atoms with Gasteiger partial charge in [0.25, 0.3) is 0 Å². The van der Waals surface area contributed by atoms with E-state index >= 15 is 0 Å². The summed E-state index contributed by atoms with van der Waals surface area (Å²) in [5.74, 6) is 2.31. The van der Waals surface area contributed by atoms with E-state index in [0.29, 0.717) is 31.3 Å². The lowest BCUT2D eigenvalue weighted by Crippen LogP contribution is -2.44. The van der Waals surface area contributed by atoms with Crippen LogP contribution in [0.3, 0.4) is 0 Å². The molecule has 30 heavy (non-hydrogen) atoms. The molecule has 0 spiro atoms. The molecule has 1 saturated heterocycles. The molecule has 0 aromatic heterocycles. The van der Waals surface area contributed by atoms with Crippen molar-refractivity contribution in [3.8, 4) is 17.2 Å². The van der Waals surface area contributed by atoms with Gasteiger partial charge in [0.1, 0.15) is 25.1 Å². The van der Waals surface area contributed by atoms with Crippen LogP contribution in [0.25, 0.3) is 0 Å². The number of fused-ring (bicyclic) bond motifs is 1. The van der Waals surface area contributed by atoms with Crippen LogP contribution < -0.4 is 19.5 Å². The molecule has 6 nitrogen and oxygen atoms in total. The number of carbonyl (C=O) groups is 1. The molecule has 4 rings (SSSR count). The fourth-order valence-corrected chi connectivity index (χ4v) is 3.88. The summed E-state index contributed by atoms with van der Waals surface area (Å²) in [6.07, 6.45) is 1.61. The van der Waals surface area contributed by atoms with E-state index in [0.717, 1.165) is 37.2 Å². The normalized spacial score (nSPS) is 19.3. The van der Waals surface area contributed by atoms with Crippen molar-refractivity contribution in [2.45, 2.75) is 32.5 Å². The molecule has 0 saturated carbocycles. The Hall–Kier alpha value is -2.73. The predicted octanol–water partition coefficient (Wildman–Crippen LogP) is 3.17. The van der Waals surface area contributed by atoms with E-state index in [4.69, 9.17) is 14.2 Å². The highest BCUT2D eigenvalue weighted by Crippen LogP contribution is 2.35. The smallest absolute Gasteiger partial charge is 0.223 e. The summed E-state index contributed by atoms with van der Waals surface area (Å²) in [6, 6.07) is 13.9. The van der Waals surface area contributed by atoms with Gasteiger partial charge < -0.3 is 24.4 Å². The second-order valence-electron chi connectivity index (χ2n) is 8.26. The molecule has 160 valence electrons. The first-order valence-electron chi connectivity index (χ1n) is 10.6. The number of benzene rings is 2. The molecule has 2 aromatic rings. The molecule has 1 fully saturated rings. The highest BCUT2D eigenvalue weighted by Gasteiger charge is 2.26. The summed E-state index contributed by atoms with van der Waals surface area (Å²) in [4.78, 5) is 14.7. The molecule has 1 atom stereocenters. The number of nitrogens with zero attached hydrogens (tertiary/aromatic N) is 1. The minimum absolute atomic E-state index is 0.0969. The van der Waals surface area contributed by atoms with Gasteiger partial charge in [-0.15, -0.1) is 0 Å². The van der Waals surface area contributed by atoms with E-state index in [9.17, 15) is 4.79 Å². The molecule has 2 aromatic carbocycles. The Labute approximate surface area is 178 Å². The molecule has 0 bridgehead atoms. The van der Waals surface area contributed by atoms with Gasteiger partial charge in [0.2, 0.25) is 5.91 Å². The van der Waals surface area contributed by atoms with Gasteiger partial charge in [-0.2, -0.15) is 0 Å². The number of carbonyl (C=O) groups excluding carboxylic acids is 1. The van der Waals surface area contributed by atoms with E-state index in [1.807, 2.05) is 30.3 Å². The highest BCUT2D eigenvalue weighted by atomic mass is 16.6. The van der Waals surface area contributed by atoms with Crippen LogP contribution in [0.1, 0.15) is 24.0 Å². The van der Waals surface area contributed by atoms with Crippen LogP contribution >= 0.6 is 0 Å². The Kier molecular flexibility index (Phi) is 6.43. The largest absolute Gasteiger partial charge is 0.489 e. The average Bonchev–Trinajstić information content (AvgIpc) is 2.76. The SMILES string of the molecule is Cc1cccc(COc2ccc3c(c2)OC(CNC(=O)C2CCN(C)CC2)CO3)c1. The van der Waals surface area contributed by atoms with Crippen molar-refractivity contribution in [3.63, 3.8) is 0 Å². The van der Waals surface area contributed by atoms with Crippen LogP contribution in [0.5, 0.6) is 17.2 Å². The van der Waals surface area contributed by atoms with Gasteiger partial charge in [0.15, 0.2) is 11.5 Å². The number of hydrogen-bond acceptors (Lipinski definition) is 5. The third-order valence-electron chi connectivity index (χ3n) is 5.71. The third kappa shape index (κ3) is 5.25. The van der Waals surface area contributed by atoms with Gasteiger partial charge in [-0.3, -0.25) is 4.79 Å². The van der Waals surface area contributed by atoms with Crippen molar-refractivity contribution < 1.29 is 19.0 Å². The second kappa shape index (κ2) is 9.39. The lowest BCUT2D eigenvalue weighted by Gasteiger charge is -2.30. The minimum Gasteiger partial charge on any atom is -0.489 e. The van der Waals surface area contributed by atoms with Crippen molar-refractivity contribution in [2.75, 3.05) is 33.3 Å². The van der Waals surface area contributed by atoms with E-state index in [1.165, 1.54) is 5.56 Å². The molecule has 0 aliphatic carbocycles. The summed E-state index contributed by atoms with van der Waals surface area (Å²) >= 11 is 0. The molecule has 0 radical (unpaired) electrons. The maximum atomic E-state index is 12.4. The Morgan fingerprint density at radius 2 is 2.00 bits per heavy atom. The number of piperidine rings is 1. The summed E-state index contributed by atoms with van der Waals surface area (Å²) in [6.45, 7) is 5.37. The fourth-order valence-electron chi connectivity index (χ4n) is 3.88. The Bertz CT molecular complexity index is 877. The van der Waals surface area contributed by atoms with Crippen LogP contribution in [-0.2, 0) is 11.4 Å². The number of aryl methyl sites for hydroxylation is 1. The second-order valence-corrected chi connectivity index (χ2v) is 8.26. The van der Waals surface area contributed by atoms with Crippen LogP contribution in [0.4, 0.5) is 0 Å². The first-order chi connectivity index (χ1) is 14.6. The van der Waals surface area contributed by atoms with Crippen molar-refractivity contribution in [1.29, 1.82) is 0 Å². The summed E-state index contributed by atoms with van der Waals surface area (Å²) < 4.78 is 17.8. The van der Waals surface area contributed by atoms with Gasteiger partial charge in [-0.05, 0) is 57.6 Å². The number of amides is 1. The van der Waals surface area contributed by atoms with Gasteiger partial charge in [0.05, 0.1) is 6.54 Å². The quantitative estimate of drug-likeness (QED) is 0.793. The maximum Gasteiger partial charge on any atom is 0.223 e. The number of rotatable bonds is 6. The lowest BCUT2D eigenvalue weighted by molar-refractivity contribution is -0.126. The van der Waals surface area contributed by atoms with Crippen LogP contribution in [-0.4, -0.2) is 50.2 Å². The zero-order chi connectivity index (χ0) is 20.9. The summed E-state index contributed by atoms with van der Waals surface area (Å²) in [5, 5.41) is 3.04. The van der Waals surface area contributed by atoms with E-state index in [1.54, 1.807) is 0 Å². The third-order valence-corrected chi connectivity index (χ3v) is 5.71. The number of likely N-dealkylation sites (tertiary alicyclic amines) is 1. The van der Waals surface area contributed by atoms with Gasteiger partial charge in [0, 0.05) is 12.0 Å². The van der Waals surface area contributed by atoms with E-state index in [-0.39, 0.29) is 17.9 Å². The van der Waals surface area contributed by atoms with Crippen molar-refractivity contribution in [1.82, 2.24) is 10.2 Å². The van der Waals surface area contributed by atoms with Crippen LogP contribution in [0.15, 0.2) is 42.5 Å². The Balaban J connectivity index is 1.29. The van der Waals surface area contributed by atoms with E-state index < -0.39 is 0 Å². The molecule has 1 N–H and O–H groups in total. The first-order valence-corrected chi connectivity index (χ1v) is 10.6. The van der Waals surface area contributed by atoms with Gasteiger partial charge >= 0.3 is 0 Å². The Morgan fingerprint density at radius 1 is 1.17 bits per heavy atom. The Morgan fingerprint density at radius 3 is 2.80 bits per heavy atom. The summed E-state index contributed by atoms with van der Waals surface area (Å²) in [7, 11) is 2.09. The molecule has 2 aliphatic rings. The lowest BCUT2D eigenvalue weighted by atomic mass is 9.96. The average molecular weight is 411 g/mol. The van der Waals surface area contributed by atoms with E-state index in [2.05, 4.69) is 36.3 Å². The molecule has 2 heterocycles. The maximum absolute atomic E-state index is 12.4. The highest BCUT2D eigenvalue weighted by molar-refractivity contribution is 5.78. The van der Waals surface area contributed by atoms with Crippen LogP contribution in [0.2, 0.25) is 0 Å². The van der Waals surface area contributed by atoms with Gasteiger partial charge in [-0.1, -0.05) is 29.8 Å². The molecule has 1 unspecified atom stereocenters. The first kappa shape index (κ1) is 20.5. The van der Waals surface area contributed by atoms with Crippen molar-refractivity contribution in [2.24, 2.45) is 5.92 Å². The summed E-state index contributed by atoms with van der Waals surface area (Å²) in [5.41, 5.74) is 2.34. The number of ether oxygens (including phenoxy) is 3. The van der Waals surface area contributed by atoms with Crippen molar-refractivity contribution >= 4 is 5.91 Å². The van der Waals surface area contributed by atoms with Gasteiger partial charge in [-0.25, -0.2) is 0 Å². The van der Waals surface area contributed by atoms with Crippen LogP contribution in [0, 0.1) is 12.8 Å². The van der Waals surface area contributed by atoms with Crippen molar-refractivity contribution in [3.05, 3.63) is 53.6 Å². The minimum atomic E-state index is -0.209. The zero-order valence-corrected chi connectivity index (χ0v) is 17.7. The zero-order valence-electron chi connectivity index (χ0n) is 17.7. The topological polar surface area (TPSA) is 60.0 Å². The monoisotopic (exact) mass is 410 g/mol.